The van der Waals surface area contributed by atoms with Gasteiger partial charge in [0.15, 0.2) is 17.3 Å². The monoisotopic (exact) mass is 399 g/mol. The van der Waals surface area contributed by atoms with Gasteiger partial charge < -0.3 is 5.32 Å². The highest BCUT2D eigenvalue weighted by atomic mass is 19.2. The molecule has 1 aromatic heterocycles. The van der Waals surface area contributed by atoms with Gasteiger partial charge in [0.05, 0.1) is 11.4 Å². The quantitative estimate of drug-likeness (QED) is 0.601. The van der Waals surface area contributed by atoms with E-state index < -0.39 is 23.6 Å². The number of amides is 1. The fraction of sp³-hybridized carbons (Fsp3) is 0.318. The van der Waals surface area contributed by atoms with Crippen LogP contribution in [0.3, 0.4) is 0 Å². The largest absolute Gasteiger partial charge is 0.344 e. The number of benzene rings is 2. The number of unbranched alkanes of at least 4 members (excludes halogenated alkanes) is 2. The van der Waals surface area contributed by atoms with Crippen LogP contribution in [0.1, 0.15) is 55.2 Å². The van der Waals surface area contributed by atoms with Gasteiger partial charge in [-0.15, -0.1) is 0 Å². The van der Waals surface area contributed by atoms with E-state index in [1.54, 1.807) is 31.2 Å². The van der Waals surface area contributed by atoms with Gasteiger partial charge in [-0.2, -0.15) is 5.10 Å². The second-order valence-corrected chi connectivity index (χ2v) is 7.00. The minimum Gasteiger partial charge on any atom is -0.344 e. The van der Waals surface area contributed by atoms with Gasteiger partial charge in [-0.25, -0.2) is 13.5 Å². The van der Waals surface area contributed by atoms with Crippen molar-refractivity contribution in [3.05, 3.63) is 75.7 Å². The lowest BCUT2D eigenvalue weighted by molar-refractivity contribution is 0.0934. The highest BCUT2D eigenvalue weighted by molar-refractivity contribution is 6.04. The number of hydrogen-bond acceptors (Lipinski definition) is 3. The first-order valence-electron chi connectivity index (χ1n) is 9.68. The number of aryl methyl sites for hydroxylation is 1. The Morgan fingerprint density at radius 3 is 2.52 bits per heavy atom. The molecule has 0 aliphatic heterocycles. The summed E-state index contributed by atoms with van der Waals surface area (Å²) in [5, 5.41) is 7.95. The summed E-state index contributed by atoms with van der Waals surface area (Å²) < 4.78 is 28.0. The molecule has 3 aromatic rings. The van der Waals surface area contributed by atoms with E-state index in [0.29, 0.717) is 22.9 Å². The number of rotatable bonds is 7. The number of carbonyl (C=O) groups excluding carboxylic acids is 1. The third-order valence-electron chi connectivity index (χ3n) is 4.85. The predicted octanol–water partition coefficient (Wildman–Crippen LogP) is 4.36. The van der Waals surface area contributed by atoms with Gasteiger partial charge in [-0.05, 0) is 37.1 Å². The molecule has 1 unspecified atom stereocenters. The molecule has 1 atom stereocenters. The maximum atomic E-state index is 13.5. The Hall–Kier alpha value is -3.09. The Morgan fingerprint density at radius 1 is 1.10 bits per heavy atom. The number of hydrogen-bond donors (Lipinski definition) is 1. The van der Waals surface area contributed by atoms with Gasteiger partial charge in [0.2, 0.25) is 0 Å². The summed E-state index contributed by atoms with van der Waals surface area (Å²) in [6.07, 6.45) is 2.74. The van der Waals surface area contributed by atoms with Crippen LogP contribution < -0.4 is 10.9 Å². The lowest BCUT2D eigenvalue weighted by Gasteiger charge is -2.16. The molecular weight excluding hydrogens is 376 g/mol. The molecule has 2 aromatic carbocycles. The Labute approximate surface area is 167 Å². The van der Waals surface area contributed by atoms with Gasteiger partial charge in [-0.3, -0.25) is 9.59 Å². The molecule has 0 fully saturated rings. The van der Waals surface area contributed by atoms with Gasteiger partial charge >= 0.3 is 0 Å². The Bertz CT molecular complexity index is 1100. The first-order chi connectivity index (χ1) is 13.9. The first kappa shape index (κ1) is 20.6. The van der Waals surface area contributed by atoms with E-state index >= 15 is 0 Å². The van der Waals surface area contributed by atoms with Crippen molar-refractivity contribution in [1.29, 1.82) is 0 Å². The SMILES string of the molecule is CCCCCn1nc(C(=O)NC(C)c2ccc(F)c(F)c2)c2ccccc2c1=O. The maximum Gasteiger partial charge on any atom is 0.274 e. The third kappa shape index (κ3) is 4.50. The molecule has 0 spiro atoms. The Balaban J connectivity index is 1.94. The minimum absolute atomic E-state index is 0.131. The van der Waals surface area contributed by atoms with Crippen molar-refractivity contribution in [2.75, 3.05) is 0 Å². The Morgan fingerprint density at radius 2 is 1.83 bits per heavy atom. The average Bonchev–Trinajstić information content (AvgIpc) is 2.71. The molecule has 152 valence electrons. The van der Waals surface area contributed by atoms with E-state index in [2.05, 4.69) is 17.3 Å². The molecule has 3 rings (SSSR count). The zero-order chi connectivity index (χ0) is 21.0. The summed E-state index contributed by atoms with van der Waals surface area (Å²) in [6.45, 7) is 4.16. The first-order valence-corrected chi connectivity index (χ1v) is 9.68. The molecule has 5 nitrogen and oxygen atoms in total. The van der Waals surface area contributed by atoms with Gasteiger partial charge in [-0.1, -0.05) is 44.0 Å². The predicted molar refractivity (Wildman–Crippen MR) is 108 cm³/mol. The molecular formula is C22H23F2N3O2. The van der Waals surface area contributed by atoms with Crippen molar-refractivity contribution in [1.82, 2.24) is 15.1 Å². The zero-order valence-electron chi connectivity index (χ0n) is 16.4. The number of aromatic nitrogens is 2. The van der Waals surface area contributed by atoms with Gasteiger partial charge in [0.1, 0.15) is 0 Å². The molecule has 7 heteroatoms. The van der Waals surface area contributed by atoms with Crippen LogP contribution >= 0.6 is 0 Å². The third-order valence-corrected chi connectivity index (χ3v) is 4.85. The zero-order valence-corrected chi connectivity index (χ0v) is 16.4. The minimum atomic E-state index is -0.975. The van der Waals surface area contributed by atoms with Crippen LogP contribution in [0.2, 0.25) is 0 Å². The fourth-order valence-corrected chi connectivity index (χ4v) is 3.20. The normalized spacial score (nSPS) is 12.1. The number of carbonyl (C=O) groups is 1. The summed E-state index contributed by atoms with van der Waals surface area (Å²) in [5.74, 6) is -2.40. The second-order valence-electron chi connectivity index (χ2n) is 7.00. The van der Waals surface area contributed by atoms with Crippen LogP contribution in [0, 0.1) is 11.6 Å². The average molecular weight is 399 g/mol. The summed E-state index contributed by atoms with van der Waals surface area (Å²) in [4.78, 5) is 25.6. The molecule has 0 bridgehead atoms. The van der Waals surface area contributed by atoms with Crippen LogP contribution in [-0.2, 0) is 6.54 Å². The van der Waals surface area contributed by atoms with Crippen LogP contribution in [0.25, 0.3) is 10.8 Å². The van der Waals surface area contributed by atoms with Crippen molar-refractivity contribution < 1.29 is 13.6 Å². The molecule has 0 radical (unpaired) electrons. The lowest BCUT2D eigenvalue weighted by atomic mass is 10.1. The second kappa shape index (κ2) is 8.94. The van der Waals surface area contributed by atoms with E-state index in [1.165, 1.54) is 10.7 Å². The van der Waals surface area contributed by atoms with Crippen LogP contribution in [-0.4, -0.2) is 15.7 Å². The standard InChI is InChI=1S/C22H23F2N3O2/c1-3-4-7-12-27-22(29)17-9-6-5-8-16(17)20(26-27)21(28)25-14(2)15-10-11-18(23)19(24)13-15/h5-6,8-11,13-14H,3-4,7,12H2,1-2H3,(H,25,28). The van der Waals surface area contributed by atoms with Crippen molar-refractivity contribution in [2.24, 2.45) is 0 Å². The van der Waals surface area contributed by atoms with Gasteiger partial charge in [0.25, 0.3) is 11.5 Å². The molecule has 1 heterocycles. The highest BCUT2D eigenvalue weighted by Gasteiger charge is 2.19. The molecule has 1 amide bonds. The van der Waals surface area contributed by atoms with Crippen LogP contribution in [0.4, 0.5) is 8.78 Å². The summed E-state index contributed by atoms with van der Waals surface area (Å²) >= 11 is 0. The number of nitrogens with zero attached hydrogens (tertiary/aromatic N) is 2. The molecule has 0 aliphatic rings. The molecule has 0 saturated heterocycles. The van der Waals surface area contributed by atoms with E-state index in [4.69, 9.17) is 0 Å². The van der Waals surface area contributed by atoms with E-state index in [9.17, 15) is 18.4 Å². The number of nitrogens with one attached hydrogen (secondary N) is 1. The Kier molecular flexibility index (Phi) is 6.36. The van der Waals surface area contributed by atoms with Gasteiger partial charge in [0, 0.05) is 11.9 Å². The maximum absolute atomic E-state index is 13.5. The van der Waals surface area contributed by atoms with Crippen molar-refractivity contribution in [2.45, 2.75) is 45.7 Å². The fourth-order valence-electron chi connectivity index (χ4n) is 3.20. The number of fused-ring (bicyclic) bond motifs is 1. The molecule has 29 heavy (non-hydrogen) atoms. The topological polar surface area (TPSA) is 64.0 Å². The van der Waals surface area contributed by atoms with Crippen LogP contribution in [0.15, 0.2) is 47.3 Å². The van der Waals surface area contributed by atoms with Crippen molar-refractivity contribution in [3.8, 4) is 0 Å². The van der Waals surface area contributed by atoms with E-state index in [1.807, 2.05) is 0 Å². The highest BCUT2D eigenvalue weighted by Crippen LogP contribution is 2.18. The lowest BCUT2D eigenvalue weighted by Crippen LogP contribution is -2.32. The molecule has 1 N–H and O–H groups in total. The van der Waals surface area contributed by atoms with E-state index in [-0.39, 0.29) is 11.3 Å². The molecule has 0 saturated carbocycles. The summed E-state index contributed by atoms with van der Waals surface area (Å²) in [5.41, 5.74) is 0.325. The summed E-state index contributed by atoms with van der Waals surface area (Å²) in [6, 6.07) is 9.75. The molecule has 0 aliphatic carbocycles. The smallest absolute Gasteiger partial charge is 0.274 e. The van der Waals surface area contributed by atoms with Crippen molar-refractivity contribution in [3.63, 3.8) is 0 Å². The summed E-state index contributed by atoms with van der Waals surface area (Å²) in [7, 11) is 0. The van der Waals surface area contributed by atoms with Crippen LogP contribution in [0.5, 0.6) is 0 Å². The van der Waals surface area contributed by atoms with Crippen molar-refractivity contribution >= 4 is 16.7 Å². The van der Waals surface area contributed by atoms with E-state index in [0.717, 1.165) is 31.4 Å². The number of halogens is 2.